The summed E-state index contributed by atoms with van der Waals surface area (Å²) in [5.74, 6) is -0.842. The SMILES string of the molecule is NC(=S)c1ccc(NC(=O)c2ccc(F)c(Br)c2)c(Cl)c1. The molecule has 2 rings (SSSR count). The zero-order valence-corrected chi connectivity index (χ0v) is 13.7. The number of nitrogens with two attached hydrogens (primary N) is 1. The molecule has 0 aromatic heterocycles. The van der Waals surface area contributed by atoms with Crippen molar-refractivity contribution in [3.05, 3.63) is 62.8 Å². The van der Waals surface area contributed by atoms with Crippen LogP contribution in [0.25, 0.3) is 0 Å². The van der Waals surface area contributed by atoms with Gasteiger partial charge in [-0.1, -0.05) is 23.8 Å². The number of hydrogen-bond acceptors (Lipinski definition) is 2. The van der Waals surface area contributed by atoms with E-state index in [4.69, 9.17) is 29.6 Å². The summed E-state index contributed by atoms with van der Waals surface area (Å²) >= 11 is 13.9. The lowest BCUT2D eigenvalue weighted by Crippen LogP contribution is -2.13. The second kappa shape index (κ2) is 6.51. The van der Waals surface area contributed by atoms with Gasteiger partial charge in [-0.2, -0.15) is 0 Å². The lowest BCUT2D eigenvalue weighted by molar-refractivity contribution is 0.102. The third-order valence-corrected chi connectivity index (χ3v) is 3.84. The number of thiocarbonyl (C=S) groups is 1. The van der Waals surface area contributed by atoms with Gasteiger partial charge in [0.2, 0.25) is 0 Å². The van der Waals surface area contributed by atoms with Crippen LogP contribution in [0.1, 0.15) is 15.9 Å². The molecule has 3 nitrogen and oxygen atoms in total. The molecule has 21 heavy (non-hydrogen) atoms. The van der Waals surface area contributed by atoms with Gasteiger partial charge in [0.25, 0.3) is 5.91 Å². The number of carbonyl (C=O) groups is 1. The molecule has 0 fully saturated rings. The van der Waals surface area contributed by atoms with E-state index in [0.717, 1.165) is 0 Å². The third-order valence-electron chi connectivity index (χ3n) is 2.68. The highest BCUT2D eigenvalue weighted by molar-refractivity contribution is 9.10. The van der Waals surface area contributed by atoms with Crippen LogP contribution in [0.5, 0.6) is 0 Å². The van der Waals surface area contributed by atoms with Gasteiger partial charge in [-0.25, -0.2) is 4.39 Å². The first-order valence-corrected chi connectivity index (χ1v) is 7.32. The van der Waals surface area contributed by atoms with Crippen molar-refractivity contribution in [2.75, 3.05) is 5.32 Å². The van der Waals surface area contributed by atoms with Gasteiger partial charge in [0, 0.05) is 11.1 Å². The Morgan fingerprint density at radius 3 is 2.48 bits per heavy atom. The Hall–Kier alpha value is -1.50. The molecule has 0 saturated heterocycles. The van der Waals surface area contributed by atoms with Crippen molar-refractivity contribution in [1.82, 2.24) is 0 Å². The van der Waals surface area contributed by atoms with Crippen LogP contribution in [-0.4, -0.2) is 10.9 Å². The summed E-state index contributed by atoms with van der Waals surface area (Å²) < 4.78 is 13.4. The molecule has 1 amide bonds. The molecule has 0 saturated carbocycles. The molecule has 2 aromatic carbocycles. The second-order valence-corrected chi connectivity index (χ2v) is 5.84. The molecule has 0 aliphatic heterocycles. The lowest BCUT2D eigenvalue weighted by Gasteiger charge is -2.09. The van der Waals surface area contributed by atoms with Crippen LogP contribution in [0.3, 0.4) is 0 Å². The minimum Gasteiger partial charge on any atom is -0.389 e. The largest absolute Gasteiger partial charge is 0.389 e. The predicted molar refractivity (Wildman–Crippen MR) is 89.4 cm³/mol. The number of halogens is 3. The summed E-state index contributed by atoms with van der Waals surface area (Å²) in [6.45, 7) is 0. The number of amides is 1. The number of nitrogens with one attached hydrogen (secondary N) is 1. The monoisotopic (exact) mass is 386 g/mol. The smallest absolute Gasteiger partial charge is 0.255 e. The van der Waals surface area contributed by atoms with E-state index in [1.807, 2.05) is 0 Å². The molecule has 0 aliphatic rings. The lowest BCUT2D eigenvalue weighted by atomic mass is 10.1. The van der Waals surface area contributed by atoms with Crippen molar-refractivity contribution < 1.29 is 9.18 Å². The fourth-order valence-corrected chi connectivity index (χ4v) is 2.34. The molecule has 7 heteroatoms. The maximum atomic E-state index is 13.1. The van der Waals surface area contributed by atoms with Crippen molar-refractivity contribution in [2.45, 2.75) is 0 Å². The van der Waals surface area contributed by atoms with Crippen molar-refractivity contribution in [3.8, 4) is 0 Å². The van der Waals surface area contributed by atoms with E-state index in [9.17, 15) is 9.18 Å². The summed E-state index contributed by atoms with van der Waals surface area (Å²) in [7, 11) is 0. The molecule has 0 radical (unpaired) electrons. The standard InChI is InChI=1S/C14H9BrClFN2OS/c15-9-5-8(1-3-11(9)17)14(20)19-12-4-2-7(13(18)21)6-10(12)16/h1-6H,(H2,18,21)(H,19,20). The molecule has 2 aromatic rings. The number of carbonyl (C=O) groups excluding carboxylic acids is 1. The molecule has 3 N–H and O–H groups in total. The highest BCUT2D eigenvalue weighted by atomic mass is 79.9. The highest BCUT2D eigenvalue weighted by Gasteiger charge is 2.11. The summed E-state index contributed by atoms with van der Waals surface area (Å²) in [4.78, 5) is 12.3. The molecule has 0 bridgehead atoms. The first-order valence-electron chi connectivity index (χ1n) is 5.74. The van der Waals surface area contributed by atoms with Crippen LogP contribution in [0.4, 0.5) is 10.1 Å². The van der Waals surface area contributed by atoms with Crippen molar-refractivity contribution in [3.63, 3.8) is 0 Å². The Kier molecular flexibility index (Phi) is 4.92. The van der Waals surface area contributed by atoms with Crippen LogP contribution in [0.2, 0.25) is 5.02 Å². The van der Waals surface area contributed by atoms with Crippen LogP contribution < -0.4 is 11.1 Å². The Balaban J connectivity index is 2.23. The van der Waals surface area contributed by atoms with Gasteiger partial charge in [-0.05, 0) is 52.3 Å². The van der Waals surface area contributed by atoms with E-state index in [1.165, 1.54) is 18.2 Å². The number of hydrogen-bond donors (Lipinski definition) is 2. The van der Waals surface area contributed by atoms with Crippen LogP contribution >= 0.6 is 39.7 Å². The molecule has 0 unspecified atom stereocenters. The minimum absolute atomic E-state index is 0.213. The van der Waals surface area contributed by atoms with E-state index in [0.29, 0.717) is 21.8 Å². The maximum Gasteiger partial charge on any atom is 0.255 e. The molecular weight excluding hydrogens is 379 g/mol. The second-order valence-electron chi connectivity index (χ2n) is 4.14. The average Bonchev–Trinajstić information content (AvgIpc) is 2.43. The Bertz CT molecular complexity index is 739. The Labute approximate surface area is 139 Å². The van der Waals surface area contributed by atoms with Crippen LogP contribution in [0, 0.1) is 5.82 Å². The topological polar surface area (TPSA) is 55.1 Å². The number of anilines is 1. The van der Waals surface area contributed by atoms with Crippen LogP contribution in [0.15, 0.2) is 40.9 Å². The van der Waals surface area contributed by atoms with E-state index < -0.39 is 11.7 Å². The van der Waals surface area contributed by atoms with Gasteiger partial charge in [-0.3, -0.25) is 4.79 Å². The van der Waals surface area contributed by atoms with Crippen LogP contribution in [-0.2, 0) is 0 Å². The Morgan fingerprint density at radius 1 is 1.24 bits per heavy atom. The van der Waals surface area contributed by atoms with E-state index in [2.05, 4.69) is 21.2 Å². The summed E-state index contributed by atoms with van der Waals surface area (Å²) in [6, 6.07) is 8.81. The molecule has 0 aliphatic carbocycles. The van der Waals surface area contributed by atoms with Gasteiger partial charge >= 0.3 is 0 Å². The highest BCUT2D eigenvalue weighted by Crippen LogP contribution is 2.24. The number of rotatable bonds is 3. The normalized spacial score (nSPS) is 10.2. The van der Waals surface area contributed by atoms with Gasteiger partial charge in [-0.15, -0.1) is 0 Å². The summed E-state index contributed by atoms with van der Waals surface area (Å²) in [5.41, 5.74) is 6.83. The van der Waals surface area contributed by atoms with Crippen molar-refractivity contribution in [2.24, 2.45) is 5.73 Å². The summed E-state index contributed by atoms with van der Waals surface area (Å²) in [5, 5.41) is 2.96. The van der Waals surface area contributed by atoms with E-state index in [1.54, 1.807) is 18.2 Å². The number of benzene rings is 2. The average molecular weight is 388 g/mol. The fourth-order valence-electron chi connectivity index (χ4n) is 1.60. The minimum atomic E-state index is -0.439. The first kappa shape index (κ1) is 15.9. The maximum absolute atomic E-state index is 13.1. The predicted octanol–water partition coefficient (Wildman–Crippen LogP) is 4.13. The summed E-state index contributed by atoms with van der Waals surface area (Å²) in [6.07, 6.45) is 0. The molecular formula is C14H9BrClFN2OS. The van der Waals surface area contributed by atoms with Gasteiger partial charge in [0.1, 0.15) is 10.8 Å². The third kappa shape index (κ3) is 3.78. The van der Waals surface area contributed by atoms with Crippen molar-refractivity contribution in [1.29, 1.82) is 0 Å². The van der Waals surface area contributed by atoms with Gasteiger partial charge < -0.3 is 11.1 Å². The van der Waals surface area contributed by atoms with Gasteiger partial charge in [0.15, 0.2) is 0 Å². The van der Waals surface area contributed by atoms with E-state index >= 15 is 0 Å². The zero-order chi connectivity index (χ0) is 15.6. The Morgan fingerprint density at radius 2 is 1.90 bits per heavy atom. The molecule has 0 heterocycles. The van der Waals surface area contributed by atoms with Crippen molar-refractivity contribution >= 4 is 56.3 Å². The first-order chi connectivity index (χ1) is 9.88. The fraction of sp³-hybridized carbons (Fsp3) is 0. The molecule has 0 spiro atoms. The quantitative estimate of drug-likeness (QED) is 0.779. The molecule has 0 atom stereocenters. The van der Waals surface area contributed by atoms with E-state index in [-0.39, 0.29) is 9.46 Å². The molecule has 108 valence electrons. The zero-order valence-electron chi connectivity index (χ0n) is 10.5. The van der Waals surface area contributed by atoms with Gasteiger partial charge in [0.05, 0.1) is 15.2 Å².